The topological polar surface area (TPSA) is 114 Å². The van der Waals surface area contributed by atoms with Crippen LogP contribution in [0.15, 0.2) is 68.7 Å². The van der Waals surface area contributed by atoms with Crippen LogP contribution in [0.2, 0.25) is 0 Å². The molecule has 3 rings (SSSR count). The average molecular weight is 454 g/mol. The van der Waals surface area contributed by atoms with Crippen molar-refractivity contribution < 1.29 is 23.9 Å². The minimum absolute atomic E-state index is 0.00303. The third-order valence-corrected chi connectivity index (χ3v) is 6.14. The Bertz CT molecular complexity index is 1200. The summed E-state index contributed by atoms with van der Waals surface area (Å²) in [4.78, 5) is 48.8. The van der Waals surface area contributed by atoms with Gasteiger partial charge in [0.2, 0.25) is 5.91 Å². The molecule has 0 spiro atoms. The number of ketones is 1. The highest BCUT2D eigenvalue weighted by atomic mass is 32.2. The largest absolute Gasteiger partial charge is 0.480 e. The van der Waals surface area contributed by atoms with Crippen molar-refractivity contribution >= 4 is 40.4 Å². The minimum atomic E-state index is -1.18. The van der Waals surface area contributed by atoms with Crippen LogP contribution in [0.5, 0.6) is 0 Å². The monoisotopic (exact) mass is 453 g/mol. The molecule has 0 bridgehead atoms. The summed E-state index contributed by atoms with van der Waals surface area (Å²) in [6.07, 6.45) is 0.0920. The first-order chi connectivity index (χ1) is 15.3. The lowest BCUT2D eigenvalue weighted by Crippen LogP contribution is -2.41. The lowest BCUT2D eigenvalue weighted by atomic mass is 9.87. The molecule has 0 saturated heterocycles. The Kier molecular flexibility index (Phi) is 7.48. The number of fused-ring (bicyclic) bond motifs is 1. The highest BCUT2D eigenvalue weighted by Crippen LogP contribution is 2.37. The number of hydrogen-bond donors (Lipinski definition) is 2. The van der Waals surface area contributed by atoms with Gasteiger partial charge in [-0.25, -0.2) is 9.59 Å². The Labute approximate surface area is 188 Å². The fraction of sp³-hybridized carbons (Fsp3) is 0.250. The van der Waals surface area contributed by atoms with Gasteiger partial charge in [0.05, 0.1) is 5.56 Å². The molecule has 32 heavy (non-hydrogen) atoms. The van der Waals surface area contributed by atoms with Crippen LogP contribution in [0.4, 0.5) is 0 Å². The Hall–Kier alpha value is -3.39. The SMILES string of the molecule is CC(=O)CC(c1ccccc1)c1c(SC[C@@H](NC(C)=O)C(=O)O)c2ccccc2oc1=O. The van der Waals surface area contributed by atoms with Crippen LogP contribution in [0.25, 0.3) is 11.0 Å². The van der Waals surface area contributed by atoms with Crippen LogP contribution in [0, 0.1) is 0 Å². The van der Waals surface area contributed by atoms with E-state index in [-0.39, 0.29) is 18.0 Å². The van der Waals surface area contributed by atoms with Gasteiger partial charge in [-0.05, 0) is 18.6 Å². The van der Waals surface area contributed by atoms with Crippen molar-refractivity contribution in [2.75, 3.05) is 5.75 Å². The summed E-state index contributed by atoms with van der Waals surface area (Å²) in [6.45, 7) is 2.71. The maximum absolute atomic E-state index is 13.1. The van der Waals surface area contributed by atoms with Gasteiger partial charge in [-0.1, -0.05) is 48.5 Å². The second-order valence-corrected chi connectivity index (χ2v) is 8.43. The van der Waals surface area contributed by atoms with E-state index in [0.717, 1.165) is 17.3 Å². The molecule has 2 N–H and O–H groups in total. The Morgan fingerprint density at radius 3 is 2.31 bits per heavy atom. The first kappa shape index (κ1) is 23.3. The first-order valence-corrected chi connectivity index (χ1v) is 11.0. The molecule has 3 aromatic rings. The second-order valence-electron chi connectivity index (χ2n) is 7.40. The third kappa shape index (κ3) is 5.45. The number of Topliss-reactive ketones (excluding diaryl/α,β-unsaturated/α-hetero) is 1. The summed E-state index contributed by atoms with van der Waals surface area (Å²) in [5.74, 6) is -2.29. The number of hydrogen-bond acceptors (Lipinski definition) is 6. The number of carbonyl (C=O) groups excluding carboxylic acids is 2. The van der Waals surface area contributed by atoms with E-state index in [4.69, 9.17) is 4.42 Å². The quantitative estimate of drug-likeness (QED) is 0.376. The van der Waals surface area contributed by atoms with Crippen LogP contribution in [-0.4, -0.2) is 34.6 Å². The number of carboxylic acids is 1. The summed E-state index contributed by atoms with van der Waals surface area (Å²) in [6, 6.07) is 15.0. The van der Waals surface area contributed by atoms with Crippen LogP contribution in [0.1, 0.15) is 37.3 Å². The standard InChI is InChI=1S/C24H23NO6S/c1-14(26)12-18(16-8-4-3-5-9-16)21-22(32-13-19(23(28)29)25-15(2)27)17-10-6-7-11-20(17)31-24(21)30/h3-11,18-19H,12-13H2,1-2H3,(H,25,27)(H,28,29)/t18?,19-/m1/s1. The van der Waals surface area contributed by atoms with Crippen molar-refractivity contribution in [2.24, 2.45) is 0 Å². The van der Waals surface area contributed by atoms with Crippen LogP contribution >= 0.6 is 11.8 Å². The number of benzene rings is 2. The molecule has 7 nitrogen and oxygen atoms in total. The summed E-state index contributed by atoms with van der Waals surface area (Å²) >= 11 is 1.15. The van der Waals surface area contributed by atoms with Crippen molar-refractivity contribution in [3.8, 4) is 0 Å². The van der Waals surface area contributed by atoms with E-state index in [1.165, 1.54) is 13.8 Å². The zero-order valence-electron chi connectivity index (χ0n) is 17.7. The number of aliphatic carboxylic acids is 1. The summed E-state index contributed by atoms with van der Waals surface area (Å²) < 4.78 is 5.57. The Balaban J connectivity index is 2.17. The number of carboxylic acid groups (broad SMARTS) is 1. The van der Waals surface area contributed by atoms with Gasteiger partial charge in [-0.3, -0.25) is 9.59 Å². The fourth-order valence-electron chi connectivity index (χ4n) is 3.54. The molecule has 0 aliphatic carbocycles. The normalized spacial score (nSPS) is 12.8. The molecule has 0 radical (unpaired) electrons. The molecular weight excluding hydrogens is 430 g/mol. The molecule has 1 heterocycles. The number of rotatable bonds is 9. The smallest absolute Gasteiger partial charge is 0.341 e. The number of carbonyl (C=O) groups is 3. The maximum atomic E-state index is 13.1. The molecule has 8 heteroatoms. The van der Waals surface area contributed by atoms with E-state index in [9.17, 15) is 24.3 Å². The predicted octanol–water partition coefficient (Wildman–Crippen LogP) is 3.59. The van der Waals surface area contributed by atoms with Gasteiger partial charge in [-0.2, -0.15) is 0 Å². The number of para-hydroxylation sites is 1. The second kappa shape index (κ2) is 10.3. The van der Waals surface area contributed by atoms with Gasteiger partial charge in [0.25, 0.3) is 0 Å². The molecule has 0 saturated carbocycles. The molecule has 0 aliphatic heterocycles. The molecule has 1 amide bonds. The molecular formula is C24H23NO6S. The van der Waals surface area contributed by atoms with Gasteiger partial charge in [0.1, 0.15) is 17.4 Å². The van der Waals surface area contributed by atoms with Gasteiger partial charge in [0, 0.05) is 35.3 Å². The predicted molar refractivity (Wildman–Crippen MR) is 122 cm³/mol. The average Bonchev–Trinajstić information content (AvgIpc) is 2.75. The van der Waals surface area contributed by atoms with E-state index in [0.29, 0.717) is 21.4 Å². The summed E-state index contributed by atoms with van der Waals surface area (Å²) in [5.41, 5.74) is 0.878. The number of nitrogens with one attached hydrogen (secondary N) is 1. The maximum Gasteiger partial charge on any atom is 0.341 e. The van der Waals surface area contributed by atoms with E-state index in [1.54, 1.807) is 24.3 Å². The van der Waals surface area contributed by atoms with Gasteiger partial charge in [-0.15, -0.1) is 11.8 Å². The van der Waals surface area contributed by atoms with Crippen molar-refractivity contribution in [2.45, 2.75) is 37.1 Å². The van der Waals surface area contributed by atoms with Gasteiger partial charge in [0.15, 0.2) is 0 Å². The highest BCUT2D eigenvalue weighted by molar-refractivity contribution is 7.99. The fourth-order valence-corrected chi connectivity index (χ4v) is 4.80. The Morgan fingerprint density at radius 2 is 1.69 bits per heavy atom. The van der Waals surface area contributed by atoms with Crippen LogP contribution in [-0.2, 0) is 14.4 Å². The van der Waals surface area contributed by atoms with Crippen molar-refractivity contribution in [1.82, 2.24) is 5.32 Å². The minimum Gasteiger partial charge on any atom is -0.480 e. The number of amides is 1. The van der Waals surface area contributed by atoms with Crippen LogP contribution in [0.3, 0.4) is 0 Å². The molecule has 166 valence electrons. The Morgan fingerprint density at radius 1 is 1.03 bits per heavy atom. The molecule has 0 aliphatic rings. The summed E-state index contributed by atoms with van der Waals surface area (Å²) in [7, 11) is 0. The van der Waals surface area contributed by atoms with E-state index in [1.807, 2.05) is 30.3 Å². The lowest BCUT2D eigenvalue weighted by Gasteiger charge is -2.21. The van der Waals surface area contributed by atoms with Gasteiger partial charge >= 0.3 is 11.6 Å². The number of thioether (sulfide) groups is 1. The van der Waals surface area contributed by atoms with Gasteiger partial charge < -0.3 is 14.8 Å². The molecule has 1 aromatic heterocycles. The van der Waals surface area contributed by atoms with Crippen molar-refractivity contribution in [3.05, 3.63) is 76.1 Å². The molecule has 0 fully saturated rings. The zero-order valence-corrected chi connectivity index (χ0v) is 18.5. The van der Waals surface area contributed by atoms with Crippen LogP contribution < -0.4 is 10.9 Å². The third-order valence-electron chi connectivity index (χ3n) is 4.91. The van der Waals surface area contributed by atoms with Crippen molar-refractivity contribution in [1.29, 1.82) is 0 Å². The molecule has 2 atom stereocenters. The summed E-state index contributed by atoms with van der Waals surface area (Å²) in [5, 5.41) is 12.5. The van der Waals surface area contributed by atoms with Crippen molar-refractivity contribution in [3.63, 3.8) is 0 Å². The first-order valence-electron chi connectivity index (χ1n) is 10.0. The lowest BCUT2D eigenvalue weighted by molar-refractivity contribution is -0.140. The van der Waals surface area contributed by atoms with E-state index >= 15 is 0 Å². The van der Waals surface area contributed by atoms with E-state index < -0.39 is 29.5 Å². The van der Waals surface area contributed by atoms with E-state index in [2.05, 4.69) is 5.32 Å². The molecule has 1 unspecified atom stereocenters. The highest BCUT2D eigenvalue weighted by Gasteiger charge is 2.28. The molecule has 2 aromatic carbocycles. The zero-order chi connectivity index (χ0) is 23.3.